The number of pyridine rings is 1. The van der Waals surface area contributed by atoms with Gasteiger partial charge in [-0.05, 0) is 36.8 Å². The first-order chi connectivity index (χ1) is 14.8. The van der Waals surface area contributed by atoms with Gasteiger partial charge in [-0.25, -0.2) is 4.98 Å². The molecule has 1 saturated heterocycles. The molecule has 2 aromatic heterocycles. The van der Waals surface area contributed by atoms with Crippen molar-refractivity contribution in [1.82, 2.24) is 14.3 Å². The molecule has 7 nitrogen and oxygen atoms in total. The number of likely N-dealkylation sites (N-methyl/N-ethyl adjacent to an activating group) is 1. The number of benzene rings is 1. The Morgan fingerprint density at radius 2 is 1.87 bits per heavy atom. The van der Waals surface area contributed by atoms with Crippen LogP contribution in [-0.4, -0.2) is 53.2 Å². The average molecular weight is 439 g/mol. The first kappa shape index (κ1) is 21.1. The van der Waals surface area contributed by atoms with E-state index in [9.17, 15) is 14.7 Å². The molecule has 1 aliphatic heterocycles. The number of carbonyl (C=O) groups excluding carboxylic acids is 2. The van der Waals surface area contributed by atoms with Gasteiger partial charge in [0.2, 0.25) is 5.78 Å². The van der Waals surface area contributed by atoms with Crippen molar-refractivity contribution < 1.29 is 19.6 Å². The predicted molar refractivity (Wildman–Crippen MR) is 115 cm³/mol. The largest absolute Gasteiger partial charge is 0.871 e. The molecule has 0 aliphatic carbocycles. The monoisotopic (exact) mass is 438 g/mol. The number of nitrogens with zero attached hydrogens (tertiary/aromatic N) is 3. The van der Waals surface area contributed by atoms with E-state index in [1.807, 2.05) is 20.2 Å². The molecule has 4 rings (SSSR count). The molecule has 1 N–H and O–H groups in total. The van der Waals surface area contributed by atoms with Crippen molar-refractivity contribution in [1.29, 1.82) is 0 Å². The third-order valence-corrected chi connectivity index (χ3v) is 5.74. The lowest BCUT2D eigenvalue weighted by molar-refractivity contribution is -0.857. The van der Waals surface area contributed by atoms with Crippen LogP contribution in [0.15, 0.2) is 54.2 Å². The molecule has 160 valence electrons. The van der Waals surface area contributed by atoms with Crippen LogP contribution in [-0.2, 0) is 9.59 Å². The maximum Gasteiger partial charge on any atom is 0.295 e. The van der Waals surface area contributed by atoms with Gasteiger partial charge in [-0.1, -0.05) is 35.6 Å². The van der Waals surface area contributed by atoms with E-state index in [4.69, 9.17) is 11.6 Å². The summed E-state index contributed by atoms with van der Waals surface area (Å²) < 4.78 is 1.66. The number of fused-ring (bicyclic) bond motifs is 1. The van der Waals surface area contributed by atoms with Crippen LogP contribution in [0.3, 0.4) is 0 Å². The van der Waals surface area contributed by atoms with Crippen LogP contribution >= 0.6 is 11.6 Å². The predicted octanol–water partition coefficient (Wildman–Crippen LogP) is 0.665. The molecule has 1 amide bonds. The van der Waals surface area contributed by atoms with Crippen molar-refractivity contribution in [2.75, 3.05) is 27.2 Å². The summed E-state index contributed by atoms with van der Waals surface area (Å²) in [4.78, 5) is 33.1. The second-order valence-electron chi connectivity index (χ2n) is 7.96. The number of imidazole rings is 1. The fourth-order valence-electron chi connectivity index (χ4n) is 3.95. The maximum atomic E-state index is 13.7. The number of quaternary nitrogens is 1. The van der Waals surface area contributed by atoms with Gasteiger partial charge in [-0.2, -0.15) is 0 Å². The highest BCUT2D eigenvalue weighted by molar-refractivity contribution is 6.46. The third-order valence-electron chi connectivity index (χ3n) is 5.49. The van der Waals surface area contributed by atoms with Gasteiger partial charge in [0, 0.05) is 16.8 Å². The van der Waals surface area contributed by atoms with E-state index in [-0.39, 0.29) is 5.57 Å². The summed E-state index contributed by atoms with van der Waals surface area (Å²) >= 11 is 6.04. The Bertz CT molecular complexity index is 1200. The van der Waals surface area contributed by atoms with E-state index in [0.717, 1.165) is 4.90 Å². The third kappa shape index (κ3) is 3.71. The molecule has 1 fully saturated rings. The van der Waals surface area contributed by atoms with Crippen LogP contribution in [0, 0.1) is 6.92 Å². The van der Waals surface area contributed by atoms with Gasteiger partial charge in [0.25, 0.3) is 5.91 Å². The number of hydrogen-bond donors (Lipinski definition) is 1. The quantitative estimate of drug-likeness (QED) is 0.360. The van der Waals surface area contributed by atoms with Crippen LogP contribution in [0.4, 0.5) is 0 Å². The molecule has 1 unspecified atom stereocenters. The molecule has 3 heterocycles. The summed E-state index contributed by atoms with van der Waals surface area (Å²) in [5.74, 6) is -1.89. The van der Waals surface area contributed by atoms with Crippen LogP contribution in [0.1, 0.15) is 23.0 Å². The van der Waals surface area contributed by atoms with Crippen LogP contribution in [0.25, 0.3) is 11.4 Å². The fourth-order valence-corrected chi connectivity index (χ4v) is 4.08. The molecule has 3 aromatic rings. The Hall–Kier alpha value is -3.16. The van der Waals surface area contributed by atoms with Gasteiger partial charge in [-0.3, -0.25) is 9.59 Å². The van der Waals surface area contributed by atoms with Crippen molar-refractivity contribution in [2.45, 2.75) is 13.0 Å². The summed E-state index contributed by atoms with van der Waals surface area (Å²) in [6, 6.07) is 11.5. The highest BCUT2D eigenvalue weighted by atomic mass is 35.5. The number of halogens is 1. The molecule has 0 spiro atoms. The Morgan fingerprint density at radius 1 is 1.16 bits per heavy atom. The molecule has 1 aliphatic rings. The Labute approximate surface area is 185 Å². The van der Waals surface area contributed by atoms with Crippen molar-refractivity contribution in [2.24, 2.45) is 0 Å². The fraction of sp³-hybridized carbons (Fsp3) is 0.261. The molecule has 0 bridgehead atoms. The summed E-state index contributed by atoms with van der Waals surface area (Å²) in [5, 5.41) is 14.2. The number of amides is 1. The highest BCUT2D eigenvalue weighted by Crippen LogP contribution is 2.39. The first-order valence-corrected chi connectivity index (χ1v) is 10.4. The number of aromatic nitrogens is 2. The minimum absolute atomic E-state index is 0.0465. The maximum absolute atomic E-state index is 13.7. The second-order valence-corrected chi connectivity index (χ2v) is 8.39. The van der Waals surface area contributed by atoms with Gasteiger partial charge in [0.1, 0.15) is 5.65 Å². The van der Waals surface area contributed by atoms with Crippen molar-refractivity contribution >= 4 is 34.7 Å². The molecule has 8 heteroatoms. The van der Waals surface area contributed by atoms with E-state index < -0.39 is 23.5 Å². The summed E-state index contributed by atoms with van der Waals surface area (Å²) in [7, 11) is 3.94. The van der Waals surface area contributed by atoms with Crippen molar-refractivity contribution in [3.8, 4) is 0 Å². The lowest BCUT2D eigenvalue weighted by Gasteiger charge is -2.27. The van der Waals surface area contributed by atoms with E-state index in [1.54, 1.807) is 53.9 Å². The zero-order chi connectivity index (χ0) is 22.3. The number of carbonyl (C=O) groups is 2. The number of Topliss-reactive ketones (excluding diaryl/α,β-unsaturated/α-hetero) is 1. The summed E-state index contributed by atoms with van der Waals surface area (Å²) in [6.07, 6.45) is 1.73. The van der Waals surface area contributed by atoms with Gasteiger partial charge >= 0.3 is 0 Å². The van der Waals surface area contributed by atoms with E-state index >= 15 is 0 Å². The normalized spacial score (nSPS) is 18.5. The number of likely N-dealkylation sites (tertiary alicyclic amines) is 1. The average Bonchev–Trinajstić information content (AvgIpc) is 3.20. The molecular weight excluding hydrogens is 416 g/mol. The molecule has 0 radical (unpaired) electrons. The standard InChI is InChI=1S/C23H23ClN4O3/c1-14-19(27-11-5-4-6-17(27)25-14)21(29)18-20(15-7-9-16(24)10-8-15)28(13-12-26(2)3)23(31)22(18)30/h4-11,20,29H,12-13H2,1-3H3/b21-18+. The number of nitrogens with one attached hydrogen (secondary N) is 1. The minimum Gasteiger partial charge on any atom is -0.871 e. The van der Waals surface area contributed by atoms with Gasteiger partial charge in [0.05, 0.1) is 44.6 Å². The summed E-state index contributed by atoms with van der Waals surface area (Å²) in [6.45, 7) is 2.72. The van der Waals surface area contributed by atoms with Crippen LogP contribution in [0.2, 0.25) is 5.02 Å². The Morgan fingerprint density at radius 3 is 2.55 bits per heavy atom. The lowest BCUT2D eigenvalue weighted by atomic mass is 9.96. The molecule has 1 atom stereocenters. The van der Waals surface area contributed by atoms with E-state index in [0.29, 0.717) is 40.7 Å². The number of aryl methyl sites for hydroxylation is 1. The molecule has 1 aromatic carbocycles. The minimum atomic E-state index is -0.766. The van der Waals surface area contributed by atoms with Gasteiger partial charge in [-0.15, -0.1) is 0 Å². The Balaban J connectivity index is 1.92. The van der Waals surface area contributed by atoms with E-state index in [1.165, 1.54) is 4.90 Å². The molecule has 31 heavy (non-hydrogen) atoms. The topological polar surface area (TPSA) is 82.2 Å². The van der Waals surface area contributed by atoms with Crippen molar-refractivity contribution in [3.05, 3.63) is 76.2 Å². The van der Waals surface area contributed by atoms with Crippen LogP contribution in [0.5, 0.6) is 0 Å². The molecule has 0 saturated carbocycles. The van der Waals surface area contributed by atoms with Gasteiger partial charge in [0.15, 0.2) is 0 Å². The zero-order valence-electron chi connectivity index (χ0n) is 17.6. The smallest absolute Gasteiger partial charge is 0.295 e. The zero-order valence-corrected chi connectivity index (χ0v) is 18.3. The van der Waals surface area contributed by atoms with Crippen LogP contribution < -0.4 is 10.0 Å². The number of hydrogen-bond acceptors (Lipinski definition) is 4. The lowest BCUT2D eigenvalue weighted by Crippen LogP contribution is -3.06. The van der Waals surface area contributed by atoms with Crippen molar-refractivity contribution in [3.63, 3.8) is 0 Å². The highest BCUT2D eigenvalue weighted by Gasteiger charge is 2.44. The van der Waals surface area contributed by atoms with E-state index in [2.05, 4.69) is 4.98 Å². The SMILES string of the molecule is Cc1nc2ccccn2c1/C([O-])=C1\C(=O)C(=O)N(CC[NH+](C)C)C1c1ccc(Cl)cc1. The summed E-state index contributed by atoms with van der Waals surface area (Å²) in [5.41, 5.74) is 2.04. The number of ketones is 1. The first-order valence-electron chi connectivity index (χ1n) is 10.0. The Kier molecular flexibility index (Phi) is 5.56. The number of rotatable bonds is 5. The second kappa shape index (κ2) is 8.17. The molecular formula is C23H23ClN4O3. The van der Waals surface area contributed by atoms with Gasteiger partial charge < -0.3 is 19.3 Å².